The quantitative estimate of drug-likeness (QED) is 0.815. The highest BCUT2D eigenvalue weighted by Crippen LogP contribution is 2.22. The van der Waals surface area contributed by atoms with Crippen LogP contribution in [-0.2, 0) is 19.6 Å². The van der Waals surface area contributed by atoms with Crippen molar-refractivity contribution < 1.29 is 17.9 Å². The number of carbonyl (C=O) groups is 1. The second-order valence-electron chi connectivity index (χ2n) is 3.58. The summed E-state index contributed by atoms with van der Waals surface area (Å²) in [6, 6.07) is 2.45. The van der Waals surface area contributed by atoms with Crippen molar-refractivity contribution in [2.24, 2.45) is 0 Å². The standard InChI is InChI=1S/C11H14ClNO4S2/c1-3-17-11(14)8(2)13-19(15,16)7-6-9-4-5-10(12)18-9/h4-8,13H,3H2,1-2H3/b7-6+. The zero-order valence-electron chi connectivity index (χ0n) is 10.4. The average molecular weight is 324 g/mol. The van der Waals surface area contributed by atoms with E-state index in [-0.39, 0.29) is 6.61 Å². The van der Waals surface area contributed by atoms with Gasteiger partial charge in [-0.05, 0) is 32.1 Å². The van der Waals surface area contributed by atoms with Crippen LogP contribution in [0.1, 0.15) is 18.7 Å². The number of hydrogen-bond acceptors (Lipinski definition) is 5. The van der Waals surface area contributed by atoms with E-state index >= 15 is 0 Å². The second kappa shape index (κ2) is 7.04. The lowest BCUT2D eigenvalue weighted by atomic mass is 10.4. The average Bonchev–Trinajstić information content (AvgIpc) is 2.72. The second-order valence-corrected chi connectivity index (χ2v) is 6.93. The summed E-state index contributed by atoms with van der Waals surface area (Å²) in [6.45, 7) is 3.28. The fraction of sp³-hybridized carbons (Fsp3) is 0.364. The molecule has 0 bridgehead atoms. The van der Waals surface area contributed by atoms with Gasteiger partial charge in [0.05, 0.1) is 10.9 Å². The maximum atomic E-state index is 11.7. The number of thiophene rings is 1. The van der Waals surface area contributed by atoms with Crippen LogP contribution in [0.25, 0.3) is 6.08 Å². The maximum Gasteiger partial charge on any atom is 0.323 e. The topological polar surface area (TPSA) is 72.5 Å². The molecule has 0 aliphatic rings. The van der Waals surface area contributed by atoms with E-state index in [0.29, 0.717) is 9.21 Å². The zero-order valence-corrected chi connectivity index (χ0v) is 12.8. The van der Waals surface area contributed by atoms with Crippen molar-refractivity contribution in [1.29, 1.82) is 0 Å². The summed E-state index contributed by atoms with van der Waals surface area (Å²) in [6.07, 6.45) is 1.41. The highest BCUT2D eigenvalue weighted by Gasteiger charge is 2.19. The van der Waals surface area contributed by atoms with Crippen LogP contribution in [0.3, 0.4) is 0 Å². The summed E-state index contributed by atoms with van der Waals surface area (Å²) in [5, 5.41) is 0.991. The Kier molecular flexibility index (Phi) is 5.99. The summed E-state index contributed by atoms with van der Waals surface area (Å²) in [7, 11) is -3.70. The number of esters is 1. The first kappa shape index (κ1) is 16.2. The molecule has 0 aromatic carbocycles. The highest BCUT2D eigenvalue weighted by atomic mass is 35.5. The predicted octanol–water partition coefficient (Wildman–Crippen LogP) is 2.24. The summed E-state index contributed by atoms with van der Waals surface area (Å²) < 4.78 is 30.9. The predicted molar refractivity (Wildman–Crippen MR) is 76.5 cm³/mol. The van der Waals surface area contributed by atoms with Crippen LogP contribution < -0.4 is 4.72 Å². The molecule has 1 N–H and O–H groups in total. The van der Waals surface area contributed by atoms with Crippen LogP contribution >= 0.6 is 22.9 Å². The van der Waals surface area contributed by atoms with Crippen molar-refractivity contribution in [3.8, 4) is 0 Å². The molecule has 1 atom stereocenters. The molecule has 0 radical (unpaired) electrons. The first-order chi connectivity index (χ1) is 8.84. The molecule has 5 nitrogen and oxygen atoms in total. The molecule has 1 unspecified atom stereocenters. The molecule has 0 fully saturated rings. The smallest absolute Gasteiger partial charge is 0.323 e. The van der Waals surface area contributed by atoms with Crippen molar-refractivity contribution in [3.63, 3.8) is 0 Å². The Morgan fingerprint density at radius 1 is 1.58 bits per heavy atom. The number of rotatable bonds is 6. The maximum absolute atomic E-state index is 11.7. The Morgan fingerprint density at radius 2 is 2.26 bits per heavy atom. The van der Waals surface area contributed by atoms with Gasteiger partial charge in [-0.15, -0.1) is 11.3 Å². The molecule has 1 aromatic rings. The van der Waals surface area contributed by atoms with E-state index in [1.165, 1.54) is 24.3 Å². The minimum Gasteiger partial charge on any atom is -0.465 e. The fourth-order valence-electron chi connectivity index (χ4n) is 1.18. The summed E-state index contributed by atoms with van der Waals surface area (Å²) in [4.78, 5) is 12.0. The first-order valence-electron chi connectivity index (χ1n) is 5.46. The molecular weight excluding hydrogens is 310 g/mol. The summed E-state index contributed by atoms with van der Waals surface area (Å²) in [5.74, 6) is -0.612. The van der Waals surface area contributed by atoms with E-state index in [0.717, 1.165) is 5.41 Å². The minimum atomic E-state index is -3.70. The number of sulfonamides is 1. The Morgan fingerprint density at radius 3 is 2.79 bits per heavy atom. The van der Waals surface area contributed by atoms with E-state index in [2.05, 4.69) is 4.72 Å². The molecule has 0 spiro atoms. The highest BCUT2D eigenvalue weighted by molar-refractivity contribution is 7.92. The van der Waals surface area contributed by atoms with Gasteiger partial charge >= 0.3 is 5.97 Å². The van der Waals surface area contributed by atoms with Gasteiger partial charge in [-0.2, -0.15) is 4.72 Å². The SMILES string of the molecule is CCOC(=O)C(C)NS(=O)(=O)/C=C/c1ccc(Cl)s1. The van der Waals surface area contributed by atoms with Crippen LogP contribution in [0.15, 0.2) is 17.5 Å². The van der Waals surface area contributed by atoms with E-state index in [1.807, 2.05) is 0 Å². The molecule has 0 saturated heterocycles. The first-order valence-corrected chi connectivity index (χ1v) is 8.20. The minimum absolute atomic E-state index is 0.203. The van der Waals surface area contributed by atoms with Crippen molar-refractivity contribution >= 4 is 45.0 Å². The lowest BCUT2D eigenvalue weighted by Crippen LogP contribution is -2.38. The van der Waals surface area contributed by atoms with Crippen LogP contribution in [-0.4, -0.2) is 27.0 Å². The van der Waals surface area contributed by atoms with E-state index < -0.39 is 22.0 Å². The molecule has 1 rings (SSSR count). The van der Waals surface area contributed by atoms with Crippen molar-refractivity contribution in [2.45, 2.75) is 19.9 Å². The van der Waals surface area contributed by atoms with E-state index in [1.54, 1.807) is 19.1 Å². The number of nitrogens with one attached hydrogen (secondary N) is 1. The van der Waals surface area contributed by atoms with Gasteiger partial charge in [-0.3, -0.25) is 4.79 Å². The third kappa shape index (κ3) is 5.73. The molecule has 8 heteroatoms. The van der Waals surface area contributed by atoms with Crippen LogP contribution in [0.5, 0.6) is 0 Å². The van der Waals surface area contributed by atoms with Gasteiger partial charge in [-0.1, -0.05) is 11.6 Å². The number of ether oxygens (including phenoxy) is 1. The molecule has 1 heterocycles. The Bertz CT molecular complexity index is 565. The van der Waals surface area contributed by atoms with Crippen LogP contribution in [0.2, 0.25) is 4.34 Å². The Balaban J connectivity index is 2.66. The van der Waals surface area contributed by atoms with Crippen molar-refractivity contribution in [3.05, 3.63) is 26.8 Å². The molecule has 0 aliphatic heterocycles. The summed E-state index contributed by atoms with van der Waals surface area (Å²) >= 11 is 6.99. The number of carbonyl (C=O) groups excluding carboxylic acids is 1. The molecule has 19 heavy (non-hydrogen) atoms. The third-order valence-corrected chi connectivity index (χ3v) is 4.36. The lowest BCUT2D eigenvalue weighted by molar-refractivity contribution is -0.144. The molecule has 0 saturated carbocycles. The van der Waals surface area contributed by atoms with E-state index in [9.17, 15) is 13.2 Å². The molecule has 0 aliphatic carbocycles. The molecule has 106 valence electrons. The van der Waals surface area contributed by atoms with Gasteiger partial charge in [0.15, 0.2) is 0 Å². The van der Waals surface area contributed by atoms with Crippen molar-refractivity contribution in [2.75, 3.05) is 6.61 Å². The summed E-state index contributed by atoms with van der Waals surface area (Å²) in [5.41, 5.74) is 0. The van der Waals surface area contributed by atoms with Gasteiger partial charge < -0.3 is 4.74 Å². The van der Waals surface area contributed by atoms with Gasteiger partial charge in [0.2, 0.25) is 10.0 Å². The molecular formula is C11H14ClNO4S2. The Hall–Kier alpha value is -0.890. The molecule has 1 aromatic heterocycles. The number of hydrogen-bond donors (Lipinski definition) is 1. The normalized spacial score (nSPS) is 13.6. The van der Waals surface area contributed by atoms with Gasteiger partial charge in [-0.25, -0.2) is 8.42 Å². The monoisotopic (exact) mass is 323 g/mol. The third-order valence-electron chi connectivity index (χ3n) is 1.99. The number of halogens is 1. The van der Waals surface area contributed by atoms with E-state index in [4.69, 9.17) is 16.3 Å². The van der Waals surface area contributed by atoms with Gasteiger partial charge in [0, 0.05) is 10.3 Å². The van der Waals surface area contributed by atoms with Gasteiger partial charge in [0.25, 0.3) is 0 Å². The lowest BCUT2D eigenvalue weighted by Gasteiger charge is -2.10. The fourth-order valence-corrected chi connectivity index (χ4v) is 3.22. The Labute approximate surface area is 121 Å². The largest absolute Gasteiger partial charge is 0.465 e. The van der Waals surface area contributed by atoms with Gasteiger partial charge in [0.1, 0.15) is 6.04 Å². The zero-order chi connectivity index (χ0) is 14.5. The van der Waals surface area contributed by atoms with Crippen LogP contribution in [0, 0.1) is 0 Å². The van der Waals surface area contributed by atoms with Crippen molar-refractivity contribution in [1.82, 2.24) is 4.72 Å². The van der Waals surface area contributed by atoms with Crippen LogP contribution in [0.4, 0.5) is 0 Å². The molecule has 0 amide bonds.